The molecule has 122 valence electrons. The van der Waals surface area contributed by atoms with Crippen LogP contribution in [-0.2, 0) is 11.2 Å². The van der Waals surface area contributed by atoms with Gasteiger partial charge in [-0.1, -0.05) is 0 Å². The van der Waals surface area contributed by atoms with Gasteiger partial charge in [0.1, 0.15) is 0 Å². The SMILES string of the molecule is Cc1cc(C)n([C@@H]2CCCN(C(=O)CCc3ccncc3)C2)n1. The Hall–Kier alpha value is -2.17. The molecule has 5 nitrogen and oxygen atoms in total. The van der Waals surface area contributed by atoms with Gasteiger partial charge < -0.3 is 4.90 Å². The van der Waals surface area contributed by atoms with E-state index in [1.165, 1.54) is 11.3 Å². The first-order valence-corrected chi connectivity index (χ1v) is 8.33. The Morgan fingerprint density at radius 2 is 2.09 bits per heavy atom. The van der Waals surface area contributed by atoms with Crippen LogP contribution in [0.25, 0.3) is 0 Å². The molecule has 1 amide bonds. The van der Waals surface area contributed by atoms with Crippen LogP contribution in [0, 0.1) is 13.8 Å². The number of aromatic nitrogens is 3. The number of rotatable bonds is 4. The molecule has 5 heteroatoms. The van der Waals surface area contributed by atoms with Crippen molar-refractivity contribution >= 4 is 5.91 Å². The van der Waals surface area contributed by atoms with Gasteiger partial charge in [-0.25, -0.2) is 0 Å². The summed E-state index contributed by atoms with van der Waals surface area (Å²) in [6.45, 7) is 5.75. The van der Waals surface area contributed by atoms with Crippen LogP contribution in [0.1, 0.15) is 42.3 Å². The largest absolute Gasteiger partial charge is 0.341 e. The van der Waals surface area contributed by atoms with Crippen molar-refractivity contribution in [2.24, 2.45) is 0 Å². The van der Waals surface area contributed by atoms with E-state index in [9.17, 15) is 4.79 Å². The molecule has 1 saturated heterocycles. The molecular weight excluding hydrogens is 288 g/mol. The molecule has 0 N–H and O–H groups in total. The fourth-order valence-electron chi connectivity index (χ4n) is 3.36. The van der Waals surface area contributed by atoms with Crippen molar-refractivity contribution in [1.29, 1.82) is 0 Å². The molecule has 3 rings (SSSR count). The maximum atomic E-state index is 12.5. The number of hydrogen-bond acceptors (Lipinski definition) is 3. The van der Waals surface area contributed by atoms with E-state index in [1.807, 2.05) is 24.0 Å². The first-order chi connectivity index (χ1) is 11.1. The summed E-state index contributed by atoms with van der Waals surface area (Å²) in [4.78, 5) is 18.5. The Kier molecular flexibility index (Phi) is 4.74. The molecular formula is C18H24N4O. The summed E-state index contributed by atoms with van der Waals surface area (Å²) >= 11 is 0. The van der Waals surface area contributed by atoms with Crippen molar-refractivity contribution in [3.05, 3.63) is 47.5 Å². The van der Waals surface area contributed by atoms with Crippen LogP contribution in [-0.4, -0.2) is 38.7 Å². The zero-order valence-corrected chi connectivity index (χ0v) is 13.9. The van der Waals surface area contributed by atoms with Crippen molar-refractivity contribution < 1.29 is 4.79 Å². The summed E-state index contributed by atoms with van der Waals surface area (Å²) in [5.41, 5.74) is 3.39. The van der Waals surface area contributed by atoms with Crippen molar-refractivity contribution in [3.8, 4) is 0 Å². The predicted molar refractivity (Wildman–Crippen MR) is 89.1 cm³/mol. The van der Waals surface area contributed by atoms with Crippen LogP contribution in [0.5, 0.6) is 0 Å². The number of hydrogen-bond donors (Lipinski definition) is 0. The number of carbonyl (C=O) groups excluding carboxylic acids is 1. The third-order valence-electron chi connectivity index (χ3n) is 4.52. The standard InChI is InChI=1S/C18H24N4O/c1-14-12-15(2)22(20-14)17-4-3-11-21(13-17)18(23)6-5-16-7-9-19-10-8-16/h7-10,12,17H,3-6,11,13H2,1-2H3/t17-/m1/s1. The minimum absolute atomic E-state index is 0.244. The number of pyridine rings is 1. The molecule has 1 atom stereocenters. The van der Waals surface area contributed by atoms with Crippen LogP contribution in [0.2, 0.25) is 0 Å². The summed E-state index contributed by atoms with van der Waals surface area (Å²) in [5, 5.41) is 4.59. The number of aryl methyl sites for hydroxylation is 3. The third kappa shape index (κ3) is 3.78. The minimum atomic E-state index is 0.244. The number of amides is 1. The second kappa shape index (κ2) is 6.94. The Labute approximate surface area is 137 Å². The Bertz CT molecular complexity index is 665. The first kappa shape index (κ1) is 15.7. The number of piperidine rings is 1. The van der Waals surface area contributed by atoms with Gasteiger partial charge in [-0.3, -0.25) is 14.5 Å². The van der Waals surface area contributed by atoms with Gasteiger partial charge in [0.15, 0.2) is 0 Å². The smallest absolute Gasteiger partial charge is 0.222 e. The van der Waals surface area contributed by atoms with Gasteiger partial charge in [0.2, 0.25) is 5.91 Å². The number of likely N-dealkylation sites (tertiary alicyclic amines) is 1. The van der Waals surface area contributed by atoms with Gasteiger partial charge in [0.25, 0.3) is 0 Å². The van der Waals surface area contributed by atoms with E-state index < -0.39 is 0 Å². The summed E-state index contributed by atoms with van der Waals surface area (Å²) in [5.74, 6) is 0.244. The molecule has 0 saturated carbocycles. The lowest BCUT2D eigenvalue weighted by atomic mass is 10.0. The van der Waals surface area contributed by atoms with Crippen LogP contribution < -0.4 is 0 Å². The molecule has 0 bridgehead atoms. The summed E-state index contributed by atoms with van der Waals surface area (Å²) in [6, 6.07) is 6.36. The average molecular weight is 312 g/mol. The molecule has 2 aromatic heterocycles. The predicted octanol–water partition coefficient (Wildman–Crippen LogP) is 2.69. The lowest BCUT2D eigenvalue weighted by molar-refractivity contribution is -0.132. The van der Waals surface area contributed by atoms with Gasteiger partial charge in [0.05, 0.1) is 11.7 Å². The Morgan fingerprint density at radius 1 is 1.30 bits per heavy atom. The van der Waals surface area contributed by atoms with Gasteiger partial charge >= 0.3 is 0 Å². The normalized spacial score (nSPS) is 18.2. The molecule has 0 aliphatic carbocycles. The Morgan fingerprint density at radius 3 is 2.78 bits per heavy atom. The molecule has 1 fully saturated rings. The summed E-state index contributed by atoms with van der Waals surface area (Å²) in [7, 11) is 0. The van der Waals surface area contributed by atoms with E-state index >= 15 is 0 Å². The highest BCUT2D eigenvalue weighted by Crippen LogP contribution is 2.23. The second-order valence-corrected chi connectivity index (χ2v) is 6.36. The molecule has 1 aliphatic heterocycles. The van der Waals surface area contributed by atoms with Crippen molar-refractivity contribution in [2.75, 3.05) is 13.1 Å². The van der Waals surface area contributed by atoms with E-state index in [4.69, 9.17) is 0 Å². The highest BCUT2D eigenvalue weighted by Gasteiger charge is 2.25. The van der Waals surface area contributed by atoms with Crippen molar-refractivity contribution in [2.45, 2.75) is 45.6 Å². The van der Waals surface area contributed by atoms with E-state index in [-0.39, 0.29) is 5.91 Å². The molecule has 1 aliphatic rings. The number of carbonyl (C=O) groups is 1. The maximum Gasteiger partial charge on any atom is 0.222 e. The molecule has 2 aromatic rings. The topological polar surface area (TPSA) is 51.0 Å². The lowest BCUT2D eigenvalue weighted by Gasteiger charge is -2.33. The minimum Gasteiger partial charge on any atom is -0.341 e. The summed E-state index contributed by atoms with van der Waals surface area (Å²) in [6.07, 6.45) is 7.04. The molecule has 3 heterocycles. The fourth-order valence-corrected chi connectivity index (χ4v) is 3.36. The third-order valence-corrected chi connectivity index (χ3v) is 4.52. The van der Waals surface area contributed by atoms with Crippen LogP contribution in [0.3, 0.4) is 0 Å². The zero-order chi connectivity index (χ0) is 16.2. The van der Waals surface area contributed by atoms with Crippen LogP contribution in [0.4, 0.5) is 0 Å². The zero-order valence-electron chi connectivity index (χ0n) is 13.9. The average Bonchev–Trinajstić information content (AvgIpc) is 2.92. The van der Waals surface area contributed by atoms with E-state index in [2.05, 4.69) is 27.8 Å². The van der Waals surface area contributed by atoms with Crippen molar-refractivity contribution in [3.63, 3.8) is 0 Å². The summed E-state index contributed by atoms with van der Waals surface area (Å²) < 4.78 is 2.09. The molecule has 23 heavy (non-hydrogen) atoms. The lowest BCUT2D eigenvalue weighted by Crippen LogP contribution is -2.41. The molecule has 0 spiro atoms. The van der Waals surface area contributed by atoms with Crippen molar-refractivity contribution in [1.82, 2.24) is 19.7 Å². The van der Waals surface area contributed by atoms with Crippen LogP contribution in [0.15, 0.2) is 30.6 Å². The monoisotopic (exact) mass is 312 g/mol. The maximum absolute atomic E-state index is 12.5. The van der Waals surface area contributed by atoms with E-state index in [0.717, 1.165) is 38.0 Å². The van der Waals surface area contributed by atoms with Gasteiger partial charge in [-0.2, -0.15) is 5.10 Å². The van der Waals surface area contributed by atoms with Gasteiger partial charge in [0, 0.05) is 37.6 Å². The highest BCUT2D eigenvalue weighted by molar-refractivity contribution is 5.76. The quantitative estimate of drug-likeness (QED) is 0.872. The van der Waals surface area contributed by atoms with E-state index in [1.54, 1.807) is 12.4 Å². The molecule has 0 unspecified atom stereocenters. The highest BCUT2D eigenvalue weighted by atomic mass is 16.2. The van der Waals surface area contributed by atoms with Crippen LogP contribution >= 0.6 is 0 Å². The van der Waals surface area contributed by atoms with E-state index in [0.29, 0.717) is 12.5 Å². The molecule has 0 aromatic carbocycles. The van der Waals surface area contributed by atoms with Gasteiger partial charge in [-0.05, 0) is 56.9 Å². The fraction of sp³-hybridized carbons (Fsp3) is 0.500. The Balaban J connectivity index is 1.59. The number of nitrogens with zero attached hydrogens (tertiary/aromatic N) is 4. The first-order valence-electron chi connectivity index (χ1n) is 8.33. The van der Waals surface area contributed by atoms with Gasteiger partial charge in [-0.15, -0.1) is 0 Å². The second-order valence-electron chi connectivity index (χ2n) is 6.36. The molecule has 0 radical (unpaired) electrons.